The van der Waals surface area contributed by atoms with E-state index in [-0.39, 0.29) is 17.7 Å². The Labute approximate surface area is 154 Å². The van der Waals surface area contributed by atoms with Crippen LogP contribution in [0.1, 0.15) is 30.9 Å². The van der Waals surface area contributed by atoms with Crippen LogP contribution in [-0.2, 0) is 0 Å². The highest BCUT2D eigenvalue weighted by Gasteiger charge is 2.29. The van der Waals surface area contributed by atoms with Crippen molar-refractivity contribution in [3.05, 3.63) is 64.1 Å². The molecular formula is C18H18FN5O3. The van der Waals surface area contributed by atoms with Crippen LogP contribution in [0.4, 0.5) is 16.0 Å². The Morgan fingerprint density at radius 3 is 2.81 bits per heavy atom. The zero-order valence-corrected chi connectivity index (χ0v) is 14.4. The zero-order valence-electron chi connectivity index (χ0n) is 14.4. The molecule has 27 heavy (non-hydrogen) atoms. The molecule has 0 saturated carbocycles. The number of hydrogen-bond donors (Lipinski definition) is 1. The molecule has 3 heterocycles. The summed E-state index contributed by atoms with van der Waals surface area (Å²) in [5.41, 5.74) is 1.07. The molecule has 1 N–H and O–H groups in total. The second kappa shape index (κ2) is 6.92. The number of hydrogen-bond acceptors (Lipinski definition) is 6. The largest absolute Gasteiger partial charge is 0.388 e. The van der Waals surface area contributed by atoms with Gasteiger partial charge in [-0.1, -0.05) is 21.7 Å². The van der Waals surface area contributed by atoms with Gasteiger partial charge in [-0.2, -0.15) is 0 Å². The van der Waals surface area contributed by atoms with E-state index in [4.69, 9.17) is 0 Å². The summed E-state index contributed by atoms with van der Waals surface area (Å²) < 4.78 is 14.3. The average Bonchev–Trinajstić information content (AvgIpc) is 3.28. The molecule has 1 saturated heterocycles. The molecule has 0 amide bonds. The minimum absolute atomic E-state index is 0.0394. The van der Waals surface area contributed by atoms with Gasteiger partial charge in [0.2, 0.25) is 5.65 Å². The predicted molar refractivity (Wildman–Crippen MR) is 96.0 cm³/mol. The standard InChI is InChI=1S/C18H18FN5O3/c19-13-5-3-12(4-6-13)15(25)10-14-2-1-9-22(14)17-8-7-16-20-11-18(24(26)27)23(16)21-17/h3-8,11,14-15,25H,1-2,9-10H2. The normalized spacial score (nSPS) is 18.1. The van der Waals surface area contributed by atoms with E-state index in [1.807, 2.05) is 0 Å². The van der Waals surface area contributed by atoms with Crippen molar-refractivity contribution in [3.63, 3.8) is 0 Å². The van der Waals surface area contributed by atoms with E-state index in [1.54, 1.807) is 24.3 Å². The Morgan fingerprint density at radius 1 is 1.30 bits per heavy atom. The number of benzene rings is 1. The highest BCUT2D eigenvalue weighted by molar-refractivity contribution is 5.50. The first kappa shape index (κ1) is 17.3. The minimum Gasteiger partial charge on any atom is -0.388 e. The van der Waals surface area contributed by atoms with Crippen molar-refractivity contribution in [2.75, 3.05) is 11.4 Å². The van der Waals surface area contributed by atoms with Crippen LogP contribution in [0.15, 0.2) is 42.6 Å². The number of halogens is 1. The number of aliphatic hydroxyl groups excluding tert-OH is 1. The molecule has 1 aliphatic heterocycles. The topological polar surface area (TPSA) is 96.8 Å². The van der Waals surface area contributed by atoms with Gasteiger partial charge in [0.1, 0.15) is 12.0 Å². The van der Waals surface area contributed by atoms with Crippen molar-refractivity contribution in [3.8, 4) is 0 Å². The third-order valence-electron chi connectivity index (χ3n) is 4.94. The SMILES string of the molecule is O=[N+]([O-])c1cnc2ccc(N3CCCC3CC(O)c3ccc(F)cc3)nn12. The lowest BCUT2D eigenvalue weighted by Crippen LogP contribution is -2.31. The molecule has 3 aromatic rings. The van der Waals surface area contributed by atoms with Crippen molar-refractivity contribution in [1.29, 1.82) is 0 Å². The molecule has 0 spiro atoms. The number of rotatable bonds is 5. The first-order valence-corrected chi connectivity index (χ1v) is 8.72. The van der Waals surface area contributed by atoms with Crippen molar-refractivity contribution < 1.29 is 14.4 Å². The number of nitro groups is 1. The molecule has 140 valence electrons. The maximum absolute atomic E-state index is 13.1. The molecule has 9 heteroatoms. The summed E-state index contributed by atoms with van der Waals surface area (Å²) in [7, 11) is 0. The molecule has 2 aromatic heterocycles. The Hall–Kier alpha value is -3.07. The lowest BCUT2D eigenvalue weighted by Gasteiger charge is -2.26. The molecule has 1 fully saturated rings. The second-order valence-electron chi connectivity index (χ2n) is 6.63. The van der Waals surface area contributed by atoms with Gasteiger partial charge in [-0.3, -0.25) is 0 Å². The van der Waals surface area contributed by atoms with Gasteiger partial charge in [0.25, 0.3) is 0 Å². The maximum Gasteiger partial charge on any atom is 0.368 e. The predicted octanol–water partition coefficient (Wildman–Crippen LogP) is 2.87. The molecule has 1 aromatic carbocycles. The van der Waals surface area contributed by atoms with Crippen molar-refractivity contribution >= 4 is 17.3 Å². The smallest absolute Gasteiger partial charge is 0.368 e. The van der Waals surface area contributed by atoms with E-state index in [0.29, 0.717) is 23.4 Å². The molecule has 2 atom stereocenters. The molecule has 0 bridgehead atoms. The van der Waals surface area contributed by atoms with Crippen LogP contribution in [-0.4, -0.2) is 37.2 Å². The van der Waals surface area contributed by atoms with E-state index in [2.05, 4.69) is 15.0 Å². The Balaban J connectivity index is 1.57. The van der Waals surface area contributed by atoms with Crippen LogP contribution >= 0.6 is 0 Å². The van der Waals surface area contributed by atoms with Gasteiger partial charge >= 0.3 is 5.82 Å². The first-order valence-electron chi connectivity index (χ1n) is 8.72. The van der Waals surface area contributed by atoms with Crippen LogP contribution in [0, 0.1) is 15.9 Å². The molecule has 0 aliphatic carbocycles. The second-order valence-corrected chi connectivity index (χ2v) is 6.63. The van der Waals surface area contributed by atoms with Crippen LogP contribution in [0.25, 0.3) is 5.65 Å². The lowest BCUT2D eigenvalue weighted by atomic mass is 10.0. The fraction of sp³-hybridized carbons (Fsp3) is 0.333. The third kappa shape index (κ3) is 3.33. The van der Waals surface area contributed by atoms with Crippen LogP contribution < -0.4 is 4.90 Å². The van der Waals surface area contributed by atoms with E-state index in [0.717, 1.165) is 19.4 Å². The van der Waals surface area contributed by atoms with Gasteiger partial charge in [0.05, 0.1) is 6.10 Å². The number of anilines is 1. The van der Waals surface area contributed by atoms with Gasteiger partial charge in [-0.15, -0.1) is 0 Å². The van der Waals surface area contributed by atoms with Gasteiger partial charge in [-0.25, -0.2) is 9.37 Å². The highest BCUT2D eigenvalue weighted by Crippen LogP contribution is 2.31. The van der Waals surface area contributed by atoms with Gasteiger partial charge < -0.3 is 20.1 Å². The number of aliphatic hydroxyl groups is 1. The molecular weight excluding hydrogens is 353 g/mol. The van der Waals surface area contributed by atoms with Crippen molar-refractivity contribution in [1.82, 2.24) is 14.6 Å². The first-order chi connectivity index (χ1) is 13.0. The number of nitrogens with zero attached hydrogens (tertiary/aromatic N) is 5. The quantitative estimate of drug-likeness (QED) is 0.547. The van der Waals surface area contributed by atoms with Gasteiger partial charge in [0.15, 0.2) is 5.82 Å². The van der Waals surface area contributed by atoms with E-state index in [9.17, 15) is 19.6 Å². The zero-order chi connectivity index (χ0) is 19.0. The Morgan fingerprint density at radius 2 is 2.07 bits per heavy atom. The van der Waals surface area contributed by atoms with Gasteiger partial charge in [0, 0.05) is 18.7 Å². The number of aromatic nitrogens is 3. The van der Waals surface area contributed by atoms with Crippen LogP contribution in [0.2, 0.25) is 0 Å². The lowest BCUT2D eigenvalue weighted by molar-refractivity contribution is -0.391. The van der Waals surface area contributed by atoms with Crippen LogP contribution in [0.5, 0.6) is 0 Å². The van der Waals surface area contributed by atoms with Crippen molar-refractivity contribution in [2.24, 2.45) is 0 Å². The summed E-state index contributed by atoms with van der Waals surface area (Å²) in [6.07, 6.45) is 2.75. The monoisotopic (exact) mass is 371 g/mol. The Bertz CT molecular complexity index is 975. The minimum atomic E-state index is -0.720. The summed E-state index contributed by atoms with van der Waals surface area (Å²) in [5.74, 6) is 0.0826. The average molecular weight is 371 g/mol. The maximum atomic E-state index is 13.1. The molecule has 1 aliphatic rings. The fourth-order valence-corrected chi connectivity index (χ4v) is 3.59. The van der Waals surface area contributed by atoms with E-state index >= 15 is 0 Å². The fourth-order valence-electron chi connectivity index (χ4n) is 3.59. The summed E-state index contributed by atoms with van der Waals surface area (Å²) in [6, 6.07) is 9.35. The summed E-state index contributed by atoms with van der Waals surface area (Å²) in [6.45, 7) is 0.752. The molecule has 2 unspecified atom stereocenters. The van der Waals surface area contributed by atoms with Crippen LogP contribution in [0.3, 0.4) is 0 Å². The third-order valence-corrected chi connectivity index (χ3v) is 4.94. The number of fused-ring (bicyclic) bond motifs is 1. The summed E-state index contributed by atoms with van der Waals surface area (Å²) in [5, 5.41) is 26.0. The highest BCUT2D eigenvalue weighted by atomic mass is 19.1. The summed E-state index contributed by atoms with van der Waals surface area (Å²) in [4.78, 5) is 16.7. The van der Waals surface area contributed by atoms with E-state index in [1.165, 1.54) is 22.8 Å². The number of imidazole rings is 1. The molecule has 4 rings (SSSR count). The van der Waals surface area contributed by atoms with E-state index < -0.39 is 11.0 Å². The summed E-state index contributed by atoms with van der Waals surface area (Å²) >= 11 is 0. The van der Waals surface area contributed by atoms with Crippen molar-refractivity contribution in [2.45, 2.75) is 31.4 Å². The Kier molecular flexibility index (Phi) is 4.44. The van der Waals surface area contributed by atoms with Gasteiger partial charge in [-0.05, 0) is 47.9 Å². The molecule has 8 nitrogen and oxygen atoms in total. The molecule has 0 radical (unpaired) electrons.